The number of benzene rings is 2. The molecular weight excluding hydrogens is 292 g/mol. The number of rotatable bonds is 3. The van der Waals surface area contributed by atoms with Crippen LogP contribution in [0.15, 0.2) is 40.8 Å². The lowest BCUT2D eigenvalue weighted by atomic mass is 10.1. The fourth-order valence-electron chi connectivity index (χ4n) is 3.19. The first kappa shape index (κ1) is 14.1. The first-order valence-electron chi connectivity index (χ1n) is 7.80. The third-order valence-electron chi connectivity index (χ3n) is 4.31. The standard InChI is InChI=1S/C18H18N2O3/c1-22-15-9-11(20-18(21)13-6-4-8-19-13)10-16-17(15)12-5-2-3-7-14(12)23-16/h2-3,5,7,9-10,13,19H,4,6,8H2,1H3,(H,20,21). The van der Waals surface area contributed by atoms with Crippen LogP contribution >= 0.6 is 0 Å². The van der Waals surface area contributed by atoms with Gasteiger partial charge < -0.3 is 19.8 Å². The fourth-order valence-corrected chi connectivity index (χ4v) is 3.19. The molecule has 0 radical (unpaired) electrons. The van der Waals surface area contributed by atoms with Crippen molar-refractivity contribution >= 4 is 33.5 Å². The number of para-hydroxylation sites is 1. The lowest BCUT2D eigenvalue weighted by molar-refractivity contribution is -0.117. The number of anilines is 1. The SMILES string of the molecule is COc1cc(NC(=O)C2CCCN2)cc2oc3ccccc3c12. The molecule has 1 atom stereocenters. The highest BCUT2D eigenvalue weighted by atomic mass is 16.5. The highest BCUT2D eigenvalue weighted by molar-refractivity contribution is 6.10. The van der Waals surface area contributed by atoms with Crippen LogP contribution in [0.1, 0.15) is 12.8 Å². The molecule has 2 N–H and O–H groups in total. The fraction of sp³-hybridized carbons (Fsp3) is 0.278. The van der Waals surface area contributed by atoms with Crippen molar-refractivity contribution in [2.75, 3.05) is 19.0 Å². The summed E-state index contributed by atoms with van der Waals surface area (Å²) in [4.78, 5) is 12.3. The van der Waals surface area contributed by atoms with E-state index in [0.29, 0.717) is 17.0 Å². The maximum Gasteiger partial charge on any atom is 0.241 e. The van der Waals surface area contributed by atoms with Crippen molar-refractivity contribution in [1.29, 1.82) is 0 Å². The van der Waals surface area contributed by atoms with Crippen molar-refractivity contribution in [2.24, 2.45) is 0 Å². The number of amides is 1. The molecule has 1 amide bonds. The highest BCUT2D eigenvalue weighted by Crippen LogP contribution is 2.37. The smallest absolute Gasteiger partial charge is 0.241 e. The van der Waals surface area contributed by atoms with Crippen molar-refractivity contribution in [1.82, 2.24) is 5.32 Å². The maximum absolute atomic E-state index is 12.3. The molecule has 1 aliphatic heterocycles. The monoisotopic (exact) mass is 310 g/mol. The van der Waals surface area contributed by atoms with Gasteiger partial charge >= 0.3 is 0 Å². The van der Waals surface area contributed by atoms with Gasteiger partial charge in [-0.2, -0.15) is 0 Å². The van der Waals surface area contributed by atoms with Crippen LogP contribution in [-0.4, -0.2) is 25.6 Å². The predicted octanol–water partition coefficient (Wildman–Crippen LogP) is 3.29. The maximum atomic E-state index is 12.3. The zero-order valence-corrected chi connectivity index (χ0v) is 12.9. The Labute approximate surface area is 133 Å². The highest BCUT2D eigenvalue weighted by Gasteiger charge is 2.22. The van der Waals surface area contributed by atoms with Gasteiger partial charge in [0.1, 0.15) is 16.9 Å². The number of ether oxygens (including phenoxy) is 1. The van der Waals surface area contributed by atoms with Crippen molar-refractivity contribution in [3.8, 4) is 5.75 Å². The van der Waals surface area contributed by atoms with Gasteiger partial charge in [-0.3, -0.25) is 4.79 Å². The van der Waals surface area contributed by atoms with Gasteiger partial charge in [0.25, 0.3) is 0 Å². The van der Waals surface area contributed by atoms with E-state index < -0.39 is 0 Å². The summed E-state index contributed by atoms with van der Waals surface area (Å²) in [5.41, 5.74) is 2.20. The summed E-state index contributed by atoms with van der Waals surface area (Å²) in [5.74, 6) is 0.683. The van der Waals surface area contributed by atoms with Gasteiger partial charge in [0.05, 0.1) is 18.5 Å². The minimum Gasteiger partial charge on any atom is -0.496 e. The molecule has 0 bridgehead atoms. The van der Waals surface area contributed by atoms with E-state index in [9.17, 15) is 4.79 Å². The summed E-state index contributed by atoms with van der Waals surface area (Å²) in [6, 6.07) is 11.4. The molecule has 4 rings (SSSR count). The molecule has 2 heterocycles. The van der Waals surface area contributed by atoms with E-state index in [2.05, 4.69) is 10.6 Å². The van der Waals surface area contributed by atoms with Crippen LogP contribution in [0.5, 0.6) is 5.75 Å². The summed E-state index contributed by atoms with van der Waals surface area (Å²) in [7, 11) is 1.63. The molecule has 5 nitrogen and oxygen atoms in total. The lowest BCUT2D eigenvalue weighted by Gasteiger charge is -2.12. The van der Waals surface area contributed by atoms with Gasteiger partial charge in [0, 0.05) is 23.2 Å². The third kappa shape index (κ3) is 2.43. The Kier molecular flexibility index (Phi) is 3.42. The zero-order valence-electron chi connectivity index (χ0n) is 12.9. The van der Waals surface area contributed by atoms with Gasteiger partial charge in [-0.1, -0.05) is 18.2 Å². The number of carbonyl (C=O) groups excluding carboxylic acids is 1. The Morgan fingerprint density at radius 2 is 2.17 bits per heavy atom. The number of methoxy groups -OCH3 is 1. The van der Waals surface area contributed by atoms with E-state index in [0.717, 1.165) is 35.7 Å². The average Bonchev–Trinajstić information content (AvgIpc) is 3.21. The van der Waals surface area contributed by atoms with Crippen LogP contribution in [0.4, 0.5) is 5.69 Å². The number of hydrogen-bond donors (Lipinski definition) is 2. The first-order valence-corrected chi connectivity index (χ1v) is 7.80. The second-order valence-electron chi connectivity index (χ2n) is 5.79. The number of nitrogens with one attached hydrogen (secondary N) is 2. The average molecular weight is 310 g/mol. The Hall–Kier alpha value is -2.53. The molecule has 5 heteroatoms. The number of carbonyl (C=O) groups is 1. The van der Waals surface area contributed by atoms with E-state index in [1.54, 1.807) is 7.11 Å². The Morgan fingerprint density at radius 1 is 1.30 bits per heavy atom. The molecule has 0 aliphatic carbocycles. The van der Waals surface area contributed by atoms with Crippen LogP contribution in [0.25, 0.3) is 21.9 Å². The molecule has 0 spiro atoms. The quantitative estimate of drug-likeness (QED) is 0.779. The van der Waals surface area contributed by atoms with Crippen LogP contribution in [0.2, 0.25) is 0 Å². The number of fused-ring (bicyclic) bond motifs is 3. The Balaban J connectivity index is 1.76. The van der Waals surface area contributed by atoms with E-state index >= 15 is 0 Å². The van der Waals surface area contributed by atoms with E-state index in [1.807, 2.05) is 36.4 Å². The molecule has 2 aromatic carbocycles. The lowest BCUT2D eigenvalue weighted by Crippen LogP contribution is -2.35. The third-order valence-corrected chi connectivity index (χ3v) is 4.31. The minimum atomic E-state index is -0.118. The van der Waals surface area contributed by atoms with E-state index in [1.165, 1.54) is 0 Å². The zero-order chi connectivity index (χ0) is 15.8. The molecule has 1 aliphatic rings. The van der Waals surface area contributed by atoms with E-state index in [-0.39, 0.29) is 11.9 Å². The molecule has 1 unspecified atom stereocenters. The number of furan rings is 1. The molecule has 23 heavy (non-hydrogen) atoms. The molecule has 3 aromatic rings. The number of hydrogen-bond acceptors (Lipinski definition) is 4. The molecular formula is C18H18N2O3. The van der Waals surface area contributed by atoms with Crippen LogP contribution in [0.3, 0.4) is 0 Å². The summed E-state index contributed by atoms with van der Waals surface area (Å²) in [6.45, 7) is 0.893. The Bertz CT molecular complexity index is 878. The van der Waals surface area contributed by atoms with Crippen LogP contribution in [-0.2, 0) is 4.79 Å². The van der Waals surface area contributed by atoms with Gasteiger partial charge in [-0.05, 0) is 25.5 Å². The largest absolute Gasteiger partial charge is 0.496 e. The molecule has 1 saturated heterocycles. The van der Waals surface area contributed by atoms with Gasteiger partial charge in [-0.15, -0.1) is 0 Å². The first-order chi connectivity index (χ1) is 11.3. The molecule has 1 fully saturated rings. The second kappa shape index (κ2) is 5.59. The molecule has 1 aromatic heterocycles. The minimum absolute atomic E-state index is 0.0139. The van der Waals surface area contributed by atoms with E-state index in [4.69, 9.17) is 9.15 Å². The summed E-state index contributed by atoms with van der Waals surface area (Å²) >= 11 is 0. The van der Waals surface area contributed by atoms with Crippen LogP contribution in [0, 0.1) is 0 Å². The van der Waals surface area contributed by atoms with Crippen molar-refractivity contribution in [3.05, 3.63) is 36.4 Å². The van der Waals surface area contributed by atoms with Crippen LogP contribution < -0.4 is 15.4 Å². The van der Waals surface area contributed by atoms with Gasteiger partial charge in [0.15, 0.2) is 0 Å². The van der Waals surface area contributed by atoms with Crippen molar-refractivity contribution in [3.63, 3.8) is 0 Å². The Morgan fingerprint density at radius 3 is 2.96 bits per heavy atom. The summed E-state index contributed by atoms with van der Waals surface area (Å²) < 4.78 is 11.4. The normalized spacial score (nSPS) is 17.7. The molecule has 118 valence electrons. The predicted molar refractivity (Wildman–Crippen MR) is 89.9 cm³/mol. The van der Waals surface area contributed by atoms with Gasteiger partial charge in [0.2, 0.25) is 5.91 Å². The topological polar surface area (TPSA) is 63.5 Å². The summed E-state index contributed by atoms with van der Waals surface area (Å²) in [6.07, 6.45) is 1.90. The summed E-state index contributed by atoms with van der Waals surface area (Å²) in [5, 5.41) is 8.09. The van der Waals surface area contributed by atoms with Gasteiger partial charge in [-0.25, -0.2) is 0 Å². The van der Waals surface area contributed by atoms with Crippen molar-refractivity contribution in [2.45, 2.75) is 18.9 Å². The van der Waals surface area contributed by atoms with Crippen molar-refractivity contribution < 1.29 is 13.9 Å². The molecule has 0 saturated carbocycles. The second-order valence-corrected chi connectivity index (χ2v) is 5.79.